The van der Waals surface area contributed by atoms with Gasteiger partial charge in [-0.25, -0.2) is 8.42 Å². The second-order valence-corrected chi connectivity index (χ2v) is 6.89. The van der Waals surface area contributed by atoms with Crippen molar-refractivity contribution in [1.82, 2.24) is 4.90 Å². The van der Waals surface area contributed by atoms with Crippen LogP contribution in [0.3, 0.4) is 0 Å². The maximum Gasteiger partial charge on any atom is 0.239 e. The fraction of sp³-hybridized carbons (Fsp3) is 0.900. The van der Waals surface area contributed by atoms with Crippen molar-refractivity contribution >= 4 is 15.7 Å². The van der Waals surface area contributed by atoms with Gasteiger partial charge in [0.05, 0.1) is 11.8 Å². The van der Waals surface area contributed by atoms with Crippen molar-refractivity contribution in [1.29, 1.82) is 0 Å². The molecule has 0 radical (unpaired) electrons. The molecule has 16 heavy (non-hydrogen) atoms. The lowest BCUT2D eigenvalue weighted by Crippen LogP contribution is -2.44. The van der Waals surface area contributed by atoms with Gasteiger partial charge in [0, 0.05) is 19.8 Å². The zero-order valence-electron chi connectivity index (χ0n) is 10.4. The maximum absolute atomic E-state index is 11.7. The zero-order chi connectivity index (χ0) is 12.9. The summed E-state index contributed by atoms with van der Waals surface area (Å²) in [6, 6.07) is -0.537. The second kappa shape index (κ2) is 6.20. The minimum atomic E-state index is -3.04. The molecule has 0 rings (SSSR count). The number of hydrogen-bond donors (Lipinski definition) is 1. The van der Waals surface area contributed by atoms with E-state index in [-0.39, 0.29) is 18.2 Å². The van der Waals surface area contributed by atoms with Gasteiger partial charge in [0.25, 0.3) is 0 Å². The van der Waals surface area contributed by atoms with Gasteiger partial charge in [0.2, 0.25) is 5.91 Å². The lowest BCUT2D eigenvalue weighted by Gasteiger charge is -2.21. The van der Waals surface area contributed by atoms with Crippen molar-refractivity contribution in [3.05, 3.63) is 0 Å². The summed E-state index contributed by atoms with van der Waals surface area (Å²) in [4.78, 5) is 13.1. The molecule has 0 unspecified atom stereocenters. The quantitative estimate of drug-likeness (QED) is 0.711. The zero-order valence-corrected chi connectivity index (χ0v) is 11.3. The summed E-state index contributed by atoms with van der Waals surface area (Å²) >= 11 is 0. The first-order valence-corrected chi connectivity index (χ1v) is 7.38. The summed E-state index contributed by atoms with van der Waals surface area (Å²) in [6.45, 7) is 4.18. The molecule has 0 fully saturated rings. The Morgan fingerprint density at radius 2 is 1.88 bits per heavy atom. The van der Waals surface area contributed by atoms with Gasteiger partial charge in [-0.1, -0.05) is 13.8 Å². The average Bonchev–Trinajstić information content (AvgIpc) is 2.10. The monoisotopic (exact) mass is 250 g/mol. The van der Waals surface area contributed by atoms with Gasteiger partial charge in [-0.3, -0.25) is 4.79 Å². The first-order chi connectivity index (χ1) is 7.13. The summed E-state index contributed by atoms with van der Waals surface area (Å²) in [7, 11) is -1.46. The molecule has 1 atom stereocenters. The minimum Gasteiger partial charge on any atom is -0.343 e. The van der Waals surface area contributed by atoms with Crippen LogP contribution in [0.2, 0.25) is 0 Å². The Morgan fingerprint density at radius 1 is 1.38 bits per heavy atom. The van der Waals surface area contributed by atoms with Crippen LogP contribution in [0.25, 0.3) is 0 Å². The van der Waals surface area contributed by atoms with E-state index in [4.69, 9.17) is 5.73 Å². The van der Waals surface area contributed by atoms with Crippen molar-refractivity contribution in [2.24, 2.45) is 11.7 Å². The van der Waals surface area contributed by atoms with Crippen LogP contribution < -0.4 is 5.73 Å². The Labute approximate surface area is 97.9 Å². The minimum absolute atomic E-state index is 0.0242. The molecule has 5 nitrogen and oxygen atoms in total. The van der Waals surface area contributed by atoms with Crippen LogP contribution in [0, 0.1) is 5.92 Å². The smallest absolute Gasteiger partial charge is 0.239 e. The number of nitrogens with zero attached hydrogens (tertiary/aromatic N) is 1. The van der Waals surface area contributed by atoms with Gasteiger partial charge in [0.1, 0.15) is 9.84 Å². The fourth-order valence-electron chi connectivity index (χ4n) is 1.30. The molecule has 0 aliphatic carbocycles. The Bertz CT molecular complexity index is 325. The highest BCUT2D eigenvalue weighted by atomic mass is 32.2. The van der Waals surface area contributed by atoms with Crippen LogP contribution in [0.15, 0.2) is 0 Å². The Morgan fingerprint density at radius 3 is 2.25 bits per heavy atom. The third kappa shape index (κ3) is 6.79. The number of carbonyl (C=O) groups excluding carboxylic acids is 1. The maximum atomic E-state index is 11.7. The lowest BCUT2D eigenvalue weighted by atomic mass is 10.0. The highest BCUT2D eigenvalue weighted by molar-refractivity contribution is 7.90. The normalized spacial score (nSPS) is 13.9. The molecular formula is C10H22N2O3S. The first-order valence-electron chi connectivity index (χ1n) is 5.31. The highest BCUT2D eigenvalue weighted by Crippen LogP contribution is 2.05. The number of rotatable bonds is 6. The predicted molar refractivity (Wildman–Crippen MR) is 64.8 cm³/mol. The van der Waals surface area contributed by atoms with Gasteiger partial charge in [-0.15, -0.1) is 0 Å². The molecule has 0 saturated carbocycles. The molecule has 96 valence electrons. The number of amides is 1. The predicted octanol–water partition coefficient (Wildman–Crippen LogP) is -0.137. The molecule has 2 N–H and O–H groups in total. The largest absolute Gasteiger partial charge is 0.343 e. The SMILES string of the molecule is CC(C)C[C@H](N)C(=O)N(C)CCS(C)(=O)=O. The van der Waals surface area contributed by atoms with E-state index in [0.717, 1.165) is 6.26 Å². The van der Waals surface area contributed by atoms with E-state index in [1.54, 1.807) is 7.05 Å². The third-order valence-corrected chi connectivity index (χ3v) is 3.14. The van der Waals surface area contributed by atoms with E-state index in [9.17, 15) is 13.2 Å². The number of carbonyl (C=O) groups is 1. The molecule has 0 aromatic rings. The van der Waals surface area contributed by atoms with E-state index in [1.807, 2.05) is 13.8 Å². The van der Waals surface area contributed by atoms with Crippen molar-refractivity contribution in [3.63, 3.8) is 0 Å². The van der Waals surface area contributed by atoms with Crippen molar-refractivity contribution < 1.29 is 13.2 Å². The van der Waals surface area contributed by atoms with Gasteiger partial charge in [-0.05, 0) is 12.3 Å². The average molecular weight is 250 g/mol. The number of nitrogens with two attached hydrogens (primary N) is 1. The molecule has 0 saturated heterocycles. The van der Waals surface area contributed by atoms with E-state index in [1.165, 1.54) is 4.90 Å². The van der Waals surface area contributed by atoms with E-state index < -0.39 is 15.9 Å². The molecular weight excluding hydrogens is 228 g/mol. The van der Waals surface area contributed by atoms with Crippen molar-refractivity contribution in [3.8, 4) is 0 Å². The molecule has 0 bridgehead atoms. The van der Waals surface area contributed by atoms with Crippen LogP contribution in [-0.4, -0.2) is 50.9 Å². The third-order valence-electron chi connectivity index (χ3n) is 2.22. The Hall–Kier alpha value is -0.620. The second-order valence-electron chi connectivity index (χ2n) is 4.63. The standard InChI is InChI=1S/C10H22N2O3S/c1-8(2)7-9(11)10(13)12(3)5-6-16(4,14)15/h8-9H,5-7,11H2,1-4H3/t9-/m0/s1. The van der Waals surface area contributed by atoms with Crippen LogP contribution in [0.5, 0.6) is 0 Å². The molecule has 0 aromatic heterocycles. The summed E-state index contributed by atoms with van der Waals surface area (Å²) in [5, 5.41) is 0. The first kappa shape index (κ1) is 15.4. The molecule has 0 aromatic carbocycles. The summed E-state index contributed by atoms with van der Waals surface area (Å²) in [5.74, 6) is 0.128. The molecule has 0 spiro atoms. The molecule has 0 heterocycles. The Kier molecular flexibility index (Phi) is 5.96. The Balaban J connectivity index is 4.18. The van der Waals surface area contributed by atoms with Gasteiger partial charge in [-0.2, -0.15) is 0 Å². The molecule has 0 aliphatic heterocycles. The fourth-order valence-corrected chi connectivity index (χ4v) is 1.91. The summed E-state index contributed by atoms with van der Waals surface area (Å²) < 4.78 is 21.9. The van der Waals surface area contributed by atoms with Gasteiger partial charge in [0.15, 0.2) is 0 Å². The van der Waals surface area contributed by atoms with Crippen LogP contribution in [0.4, 0.5) is 0 Å². The number of likely N-dealkylation sites (N-methyl/N-ethyl adjacent to an activating group) is 1. The van der Waals surface area contributed by atoms with Crippen LogP contribution in [0.1, 0.15) is 20.3 Å². The van der Waals surface area contributed by atoms with Crippen LogP contribution >= 0.6 is 0 Å². The highest BCUT2D eigenvalue weighted by Gasteiger charge is 2.19. The van der Waals surface area contributed by atoms with Gasteiger partial charge >= 0.3 is 0 Å². The molecule has 0 aliphatic rings. The van der Waals surface area contributed by atoms with E-state index in [2.05, 4.69) is 0 Å². The summed E-state index contributed by atoms with van der Waals surface area (Å²) in [6.07, 6.45) is 1.77. The molecule has 1 amide bonds. The topological polar surface area (TPSA) is 80.5 Å². The summed E-state index contributed by atoms with van der Waals surface area (Å²) in [5.41, 5.74) is 5.72. The van der Waals surface area contributed by atoms with Gasteiger partial charge < -0.3 is 10.6 Å². The van der Waals surface area contributed by atoms with Crippen LogP contribution in [-0.2, 0) is 14.6 Å². The molecule has 6 heteroatoms. The lowest BCUT2D eigenvalue weighted by molar-refractivity contribution is -0.131. The van der Waals surface area contributed by atoms with E-state index >= 15 is 0 Å². The number of sulfone groups is 1. The van der Waals surface area contributed by atoms with Crippen molar-refractivity contribution in [2.45, 2.75) is 26.3 Å². The number of hydrogen-bond acceptors (Lipinski definition) is 4. The van der Waals surface area contributed by atoms with Crippen molar-refractivity contribution in [2.75, 3.05) is 25.6 Å². The van der Waals surface area contributed by atoms with E-state index in [0.29, 0.717) is 12.3 Å².